The van der Waals surface area contributed by atoms with Gasteiger partial charge in [-0.2, -0.15) is 0 Å². The fraction of sp³-hybridized carbons (Fsp3) is 0.120. The number of methoxy groups -OCH3 is 2. The number of nitrogens with zero attached hydrogens (tertiary/aromatic N) is 1. The number of esters is 1. The Bertz CT molecular complexity index is 1380. The van der Waals surface area contributed by atoms with E-state index < -0.39 is 28.4 Å². The van der Waals surface area contributed by atoms with Crippen LogP contribution in [0.1, 0.15) is 11.1 Å². The fourth-order valence-corrected chi connectivity index (χ4v) is 5.45. The first-order chi connectivity index (χ1) is 16.4. The largest absolute Gasteiger partial charge is 0.495 e. The van der Waals surface area contributed by atoms with Crippen LogP contribution in [0.5, 0.6) is 5.75 Å². The molecule has 1 heterocycles. The van der Waals surface area contributed by atoms with Crippen LogP contribution >= 0.6 is 0 Å². The second-order valence-corrected chi connectivity index (χ2v) is 9.17. The van der Waals surface area contributed by atoms with Crippen molar-refractivity contribution >= 4 is 33.2 Å². The highest BCUT2D eigenvalue weighted by Crippen LogP contribution is 2.40. The van der Waals surface area contributed by atoms with Gasteiger partial charge in [0, 0.05) is 11.1 Å². The Morgan fingerprint density at radius 2 is 1.53 bits per heavy atom. The third kappa shape index (κ3) is 4.13. The number of sulfonamides is 1. The third-order valence-corrected chi connectivity index (χ3v) is 7.12. The summed E-state index contributed by atoms with van der Waals surface area (Å²) in [6, 6.07) is 22.0. The van der Waals surface area contributed by atoms with Gasteiger partial charge < -0.3 is 14.8 Å². The van der Waals surface area contributed by atoms with Crippen LogP contribution in [0.15, 0.2) is 89.5 Å². The normalized spacial score (nSPS) is 14.2. The zero-order chi connectivity index (χ0) is 24.3. The second-order valence-electron chi connectivity index (χ2n) is 7.34. The zero-order valence-corrected chi connectivity index (χ0v) is 19.3. The number of hydrogen-bond acceptors (Lipinski definition) is 6. The Morgan fingerprint density at radius 3 is 2.24 bits per heavy atom. The summed E-state index contributed by atoms with van der Waals surface area (Å²) in [5.41, 5.74) is 1.47. The molecule has 0 radical (unpaired) electrons. The number of fused-ring (bicyclic) bond motifs is 1. The SMILES string of the molecule is COC(=O)C1=C(c2ccccc2)c2ccccc2S(=O)(=O)N1CC(=O)Nc1ccccc1OC. The van der Waals surface area contributed by atoms with Crippen molar-refractivity contribution in [2.75, 3.05) is 26.1 Å². The summed E-state index contributed by atoms with van der Waals surface area (Å²) in [6.45, 7) is -0.643. The standard InChI is InChI=1S/C25H22N2O6S/c1-32-20-14-8-7-13-19(20)26-22(28)16-27-24(25(29)33-2)23(17-10-4-3-5-11-17)18-12-6-9-15-21(18)34(27,30)31/h3-15H,16H2,1-2H3,(H,26,28). The number of anilines is 1. The summed E-state index contributed by atoms with van der Waals surface area (Å²) in [5.74, 6) is -1.11. The average Bonchev–Trinajstić information content (AvgIpc) is 2.86. The molecule has 9 heteroatoms. The lowest BCUT2D eigenvalue weighted by molar-refractivity contribution is -0.137. The summed E-state index contributed by atoms with van der Waals surface area (Å²) in [6.07, 6.45) is 0. The van der Waals surface area contributed by atoms with E-state index in [2.05, 4.69) is 5.32 Å². The molecule has 174 valence electrons. The average molecular weight is 479 g/mol. The molecule has 4 rings (SSSR count). The number of ether oxygens (including phenoxy) is 2. The van der Waals surface area contributed by atoms with Crippen LogP contribution in [-0.2, 0) is 24.3 Å². The maximum absolute atomic E-state index is 13.6. The monoisotopic (exact) mass is 478 g/mol. The van der Waals surface area contributed by atoms with Crippen molar-refractivity contribution in [3.8, 4) is 5.75 Å². The number of hydrogen-bond donors (Lipinski definition) is 1. The zero-order valence-electron chi connectivity index (χ0n) is 18.5. The van der Waals surface area contributed by atoms with Gasteiger partial charge in [0.15, 0.2) is 0 Å². The van der Waals surface area contributed by atoms with E-state index in [1.807, 2.05) is 6.07 Å². The Balaban J connectivity index is 1.86. The number of carbonyl (C=O) groups is 2. The Morgan fingerprint density at radius 1 is 0.882 bits per heavy atom. The number of benzene rings is 3. The van der Waals surface area contributed by atoms with Gasteiger partial charge in [-0.15, -0.1) is 0 Å². The van der Waals surface area contributed by atoms with Crippen LogP contribution in [-0.4, -0.2) is 45.4 Å². The van der Waals surface area contributed by atoms with Gasteiger partial charge in [0.1, 0.15) is 18.0 Å². The maximum Gasteiger partial charge on any atom is 0.356 e. The van der Waals surface area contributed by atoms with Gasteiger partial charge in [0.25, 0.3) is 10.0 Å². The van der Waals surface area contributed by atoms with E-state index in [0.717, 1.165) is 11.4 Å². The lowest BCUT2D eigenvalue weighted by Crippen LogP contribution is -2.43. The molecule has 8 nitrogen and oxygen atoms in total. The lowest BCUT2D eigenvalue weighted by atomic mass is 9.95. The van der Waals surface area contributed by atoms with Crippen molar-refractivity contribution in [1.82, 2.24) is 4.31 Å². The molecular formula is C25H22N2O6S. The highest BCUT2D eigenvalue weighted by molar-refractivity contribution is 7.89. The first kappa shape index (κ1) is 23.1. The molecule has 0 unspecified atom stereocenters. The number of rotatable bonds is 6. The molecule has 1 aliphatic heterocycles. The highest BCUT2D eigenvalue weighted by Gasteiger charge is 2.41. The molecule has 1 amide bonds. The summed E-state index contributed by atoms with van der Waals surface area (Å²) < 4.78 is 38.2. The van der Waals surface area contributed by atoms with E-state index in [4.69, 9.17) is 9.47 Å². The molecule has 0 bridgehead atoms. The molecular weight excluding hydrogens is 456 g/mol. The van der Waals surface area contributed by atoms with Gasteiger partial charge in [-0.05, 0) is 23.8 Å². The fourth-order valence-electron chi connectivity index (χ4n) is 3.82. The quantitative estimate of drug-likeness (QED) is 0.546. The minimum Gasteiger partial charge on any atom is -0.495 e. The molecule has 0 aromatic heterocycles. The summed E-state index contributed by atoms with van der Waals surface area (Å²) in [7, 11) is -1.62. The van der Waals surface area contributed by atoms with Gasteiger partial charge in [0.2, 0.25) is 5.91 Å². The first-order valence-corrected chi connectivity index (χ1v) is 11.8. The van der Waals surface area contributed by atoms with E-state index in [-0.39, 0.29) is 10.6 Å². The van der Waals surface area contributed by atoms with Crippen molar-refractivity contribution in [3.05, 3.63) is 95.7 Å². The van der Waals surface area contributed by atoms with Crippen molar-refractivity contribution in [3.63, 3.8) is 0 Å². The van der Waals surface area contributed by atoms with Crippen molar-refractivity contribution in [2.45, 2.75) is 4.90 Å². The van der Waals surface area contributed by atoms with Crippen molar-refractivity contribution in [2.24, 2.45) is 0 Å². The third-order valence-electron chi connectivity index (χ3n) is 5.32. The molecule has 0 spiro atoms. The van der Waals surface area contributed by atoms with Gasteiger partial charge in [-0.1, -0.05) is 60.7 Å². The molecule has 1 N–H and O–H groups in total. The van der Waals surface area contributed by atoms with E-state index in [0.29, 0.717) is 28.1 Å². The van der Waals surface area contributed by atoms with Gasteiger partial charge in [-0.3, -0.25) is 4.79 Å². The molecule has 0 saturated heterocycles. The van der Waals surface area contributed by atoms with Gasteiger partial charge in [0.05, 0.1) is 24.8 Å². The van der Waals surface area contributed by atoms with Crippen LogP contribution in [0, 0.1) is 0 Å². The molecule has 1 aliphatic rings. The molecule has 3 aromatic carbocycles. The molecule has 0 fully saturated rings. The number of nitrogens with one attached hydrogen (secondary N) is 1. The van der Waals surface area contributed by atoms with Crippen LogP contribution in [0.4, 0.5) is 5.69 Å². The van der Waals surface area contributed by atoms with E-state index in [9.17, 15) is 18.0 Å². The smallest absolute Gasteiger partial charge is 0.356 e. The summed E-state index contributed by atoms with van der Waals surface area (Å²) >= 11 is 0. The van der Waals surface area contributed by atoms with E-state index in [1.54, 1.807) is 66.7 Å². The Hall–Kier alpha value is -4.11. The van der Waals surface area contributed by atoms with Crippen LogP contribution in [0.3, 0.4) is 0 Å². The minimum atomic E-state index is -4.25. The topological polar surface area (TPSA) is 102 Å². The van der Waals surface area contributed by atoms with Gasteiger partial charge in [-0.25, -0.2) is 17.5 Å². The maximum atomic E-state index is 13.6. The van der Waals surface area contributed by atoms with E-state index >= 15 is 0 Å². The van der Waals surface area contributed by atoms with Crippen LogP contribution in [0.25, 0.3) is 5.57 Å². The number of para-hydroxylation sites is 2. The van der Waals surface area contributed by atoms with Crippen molar-refractivity contribution in [1.29, 1.82) is 0 Å². The van der Waals surface area contributed by atoms with Crippen LogP contribution in [0.2, 0.25) is 0 Å². The van der Waals surface area contributed by atoms with Crippen molar-refractivity contribution < 1.29 is 27.5 Å². The molecule has 34 heavy (non-hydrogen) atoms. The molecule has 3 aromatic rings. The number of carbonyl (C=O) groups excluding carboxylic acids is 2. The van der Waals surface area contributed by atoms with Gasteiger partial charge >= 0.3 is 5.97 Å². The minimum absolute atomic E-state index is 0.00778. The second kappa shape index (κ2) is 9.40. The number of amides is 1. The predicted molar refractivity (Wildman–Crippen MR) is 126 cm³/mol. The molecule has 0 saturated carbocycles. The molecule has 0 atom stereocenters. The highest BCUT2D eigenvalue weighted by atomic mass is 32.2. The first-order valence-electron chi connectivity index (χ1n) is 10.3. The Kier molecular flexibility index (Phi) is 6.38. The van der Waals surface area contributed by atoms with E-state index in [1.165, 1.54) is 13.2 Å². The van der Waals surface area contributed by atoms with Crippen LogP contribution < -0.4 is 10.1 Å². The Labute approximate surface area is 197 Å². The summed E-state index contributed by atoms with van der Waals surface area (Å²) in [4.78, 5) is 26.0. The molecule has 0 aliphatic carbocycles. The predicted octanol–water partition coefficient (Wildman–Crippen LogP) is 3.27. The lowest BCUT2D eigenvalue weighted by Gasteiger charge is -2.32. The summed E-state index contributed by atoms with van der Waals surface area (Å²) in [5, 5.41) is 2.66.